The molecule has 0 spiro atoms. The number of benzene rings is 3. The zero-order chi connectivity index (χ0) is 20.9. The molecule has 0 bridgehead atoms. The molecule has 0 saturated carbocycles. The van der Waals surface area contributed by atoms with Crippen LogP contribution in [0.25, 0.3) is 11.0 Å². The zero-order valence-corrected chi connectivity index (χ0v) is 16.7. The fourth-order valence-corrected chi connectivity index (χ4v) is 3.40. The second-order valence-corrected chi connectivity index (χ2v) is 7.22. The van der Waals surface area contributed by atoms with E-state index in [1.165, 1.54) is 12.1 Å². The molecule has 1 heterocycles. The van der Waals surface area contributed by atoms with Gasteiger partial charge in [-0.2, -0.15) is 0 Å². The van der Waals surface area contributed by atoms with Gasteiger partial charge in [0.05, 0.1) is 22.1 Å². The molecule has 0 saturated heterocycles. The monoisotopic (exact) mass is 423 g/mol. The van der Waals surface area contributed by atoms with Crippen molar-refractivity contribution < 1.29 is 13.9 Å². The third-order valence-corrected chi connectivity index (χ3v) is 4.90. The minimum absolute atomic E-state index is 0.112. The number of amides is 1. The first kappa shape index (κ1) is 19.9. The van der Waals surface area contributed by atoms with Crippen LogP contribution in [-0.2, 0) is 11.2 Å². The molecule has 4 aromatic rings. The number of hydrogen-bond acceptors (Lipinski definition) is 3. The van der Waals surface area contributed by atoms with Crippen LogP contribution in [0.3, 0.4) is 0 Å². The maximum Gasteiger partial charge on any atom is 0.258 e. The van der Waals surface area contributed by atoms with Gasteiger partial charge in [-0.1, -0.05) is 54.1 Å². The van der Waals surface area contributed by atoms with Crippen LogP contribution in [0, 0.1) is 5.82 Å². The van der Waals surface area contributed by atoms with Crippen LogP contribution in [-0.4, -0.2) is 22.5 Å². The Bertz CT molecular complexity index is 1130. The van der Waals surface area contributed by atoms with E-state index in [0.29, 0.717) is 12.2 Å². The van der Waals surface area contributed by atoms with Gasteiger partial charge in [-0.25, -0.2) is 9.37 Å². The predicted octanol–water partition coefficient (Wildman–Crippen LogP) is 4.83. The second-order valence-electron chi connectivity index (χ2n) is 6.81. The minimum Gasteiger partial charge on any atom is -0.482 e. The number of rotatable bonds is 7. The lowest BCUT2D eigenvalue weighted by Crippen LogP contribution is -2.34. The fraction of sp³-hybridized carbons (Fsp3) is 0.130. The molecule has 0 radical (unpaired) electrons. The second kappa shape index (κ2) is 8.97. The van der Waals surface area contributed by atoms with Gasteiger partial charge >= 0.3 is 0 Å². The van der Waals surface area contributed by atoms with E-state index in [1.807, 2.05) is 54.6 Å². The number of aromatic nitrogens is 2. The Morgan fingerprint density at radius 2 is 1.87 bits per heavy atom. The van der Waals surface area contributed by atoms with E-state index in [2.05, 4.69) is 15.3 Å². The van der Waals surface area contributed by atoms with Crippen LogP contribution in [0.5, 0.6) is 5.75 Å². The number of H-pyrrole nitrogens is 1. The lowest BCUT2D eigenvalue weighted by atomic mass is 10.1. The van der Waals surface area contributed by atoms with Crippen molar-refractivity contribution in [1.29, 1.82) is 0 Å². The highest BCUT2D eigenvalue weighted by atomic mass is 35.5. The van der Waals surface area contributed by atoms with Crippen LogP contribution < -0.4 is 10.1 Å². The van der Waals surface area contributed by atoms with Crippen molar-refractivity contribution in [3.63, 3.8) is 0 Å². The molecular weight excluding hydrogens is 405 g/mol. The van der Waals surface area contributed by atoms with Crippen molar-refractivity contribution >= 4 is 28.5 Å². The molecule has 0 aliphatic heterocycles. The van der Waals surface area contributed by atoms with E-state index < -0.39 is 5.82 Å². The Balaban J connectivity index is 1.50. The largest absolute Gasteiger partial charge is 0.482 e. The first-order chi connectivity index (χ1) is 14.6. The Labute approximate surface area is 177 Å². The summed E-state index contributed by atoms with van der Waals surface area (Å²) in [5, 5.41) is 3.08. The van der Waals surface area contributed by atoms with E-state index in [4.69, 9.17) is 16.3 Å². The first-order valence-electron chi connectivity index (χ1n) is 9.44. The Kier molecular flexibility index (Phi) is 5.95. The van der Waals surface area contributed by atoms with Gasteiger partial charge < -0.3 is 15.0 Å². The molecule has 2 N–H and O–H groups in total. The van der Waals surface area contributed by atoms with E-state index in [-0.39, 0.29) is 29.3 Å². The van der Waals surface area contributed by atoms with Crippen LogP contribution in [0.2, 0.25) is 5.02 Å². The molecular formula is C23H19ClFN3O2. The van der Waals surface area contributed by atoms with Crippen molar-refractivity contribution in [3.8, 4) is 5.75 Å². The van der Waals surface area contributed by atoms with Crippen molar-refractivity contribution in [2.45, 2.75) is 12.5 Å². The van der Waals surface area contributed by atoms with Crippen molar-refractivity contribution in [3.05, 3.63) is 95.0 Å². The van der Waals surface area contributed by atoms with Gasteiger partial charge in [0, 0.05) is 0 Å². The maximum absolute atomic E-state index is 13.2. The summed E-state index contributed by atoms with van der Waals surface area (Å²) in [6.07, 6.45) is 0.559. The summed E-state index contributed by atoms with van der Waals surface area (Å²) in [6.45, 7) is -0.253. The summed E-state index contributed by atoms with van der Waals surface area (Å²) in [4.78, 5) is 20.5. The molecule has 0 unspecified atom stereocenters. The molecule has 0 fully saturated rings. The SMILES string of the molecule is O=C(COc1ccc(F)cc1Cl)N[C@H](Cc1ccccc1)c1nc2ccccc2[nH]1. The van der Waals surface area contributed by atoms with Crippen molar-refractivity contribution in [2.75, 3.05) is 6.61 Å². The summed E-state index contributed by atoms with van der Waals surface area (Å²) in [6, 6.07) is 20.9. The number of aromatic amines is 1. The molecule has 30 heavy (non-hydrogen) atoms. The molecule has 1 aromatic heterocycles. The number of para-hydroxylation sites is 2. The Morgan fingerprint density at radius 3 is 2.63 bits per heavy atom. The van der Waals surface area contributed by atoms with Gasteiger partial charge in [0.2, 0.25) is 0 Å². The van der Waals surface area contributed by atoms with Crippen molar-refractivity contribution in [1.82, 2.24) is 15.3 Å². The molecule has 4 rings (SSSR count). The summed E-state index contributed by atoms with van der Waals surface area (Å²) in [5.41, 5.74) is 2.79. The minimum atomic E-state index is -0.468. The lowest BCUT2D eigenvalue weighted by Gasteiger charge is -2.17. The van der Waals surface area contributed by atoms with Gasteiger partial charge in [-0.05, 0) is 42.3 Å². The zero-order valence-electron chi connectivity index (χ0n) is 15.9. The van der Waals surface area contributed by atoms with Crippen LogP contribution in [0.15, 0.2) is 72.8 Å². The summed E-state index contributed by atoms with van der Waals surface area (Å²) >= 11 is 5.96. The summed E-state index contributed by atoms with van der Waals surface area (Å²) < 4.78 is 18.6. The Hall–Kier alpha value is -3.38. The van der Waals surface area contributed by atoms with Crippen LogP contribution >= 0.6 is 11.6 Å². The molecule has 1 atom stereocenters. The lowest BCUT2D eigenvalue weighted by molar-refractivity contribution is -0.123. The number of fused-ring (bicyclic) bond motifs is 1. The number of nitrogens with zero attached hydrogens (tertiary/aromatic N) is 1. The van der Waals surface area contributed by atoms with Crippen molar-refractivity contribution in [2.24, 2.45) is 0 Å². The highest BCUT2D eigenvalue weighted by molar-refractivity contribution is 6.32. The van der Waals surface area contributed by atoms with Gasteiger partial charge in [-0.15, -0.1) is 0 Å². The van der Waals surface area contributed by atoms with E-state index in [0.717, 1.165) is 22.7 Å². The normalized spacial score (nSPS) is 11.9. The molecule has 7 heteroatoms. The number of halogens is 2. The number of carbonyl (C=O) groups is 1. The average Bonchev–Trinajstić information content (AvgIpc) is 3.18. The van der Waals surface area contributed by atoms with E-state index in [9.17, 15) is 9.18 Å². The van der Waals surface area contributed by atoms with Gasteiger partial charge in [0.15, 0.2) is 6.61 Å². The number of nitrogens with one attached hydrogen (secondary N) is 2. The third kappa shape index (κ3) is 4.78. The summed E-state index contributed by atoms with van der Waals surface area (Å²) in [7, 11) is 0. The van der Waals surface area contributed by atoms with Gasteiger partial charge in [-0.3, -0.25) is 4.79 Å². The standard InChI is InChI=1S/C23H19ClFN3O2/c24-17-13-16(25)10-11-21(17)30-14-22(29)26-20(12-15-6-2-1-3-7-15)23-27-18-8-4-5-9-19(18)28-23/h1-11,13,20H,12,14H2,(H,26,29)(H,27,28)/t20-/m1/s1. The fourth-order valence-electron chi connectivity index (χ4n) is 3.17. The van der Waals surface area contributed by atoms with E-state index >= 15 is 0 Å². The number of carbonyl (C=O) groups excluding carboxylic acids is 1. The summed E-state index contributed by atoms with van der Waals surface area (Å²) in [5.74, 6) is 0.103. The van der Waals surface area contributed by atoms with E-state index in [1.54, 1.807) is 0 Å². The molecule has 5 nitrogen and oxygen atoms in total. The topological polar surface area (TPSA) is 67.0 Å². The van der Waals surface area contributed by atoms with Gasteiger partial charge in [0.25, 0.3) is 5.91 Å². The third-order valence-electron chi connectivity index (χ3n) is 4.61. The maximum atomic E-state index is 13.2. The number of imidazole rings is 1. The number of hydrogen-bond donors (Lipinski definition) is 2. The number of ether oxygens (including phenoxy) is 1. The van der Waals surface area contributed by atoms with Gasteiger partial charge in [0.1, 0.15) is 17.4 Å². The Morgan fingerprint density at radius 1 is 1.10 bits per heavy atom. The van der Waals surface area contributed by atoms with Crippen LogP contribution in [0.1, 0.15) is 17.4 Å². The molecule has 0 aliphatic rings. The molecule has 0 aliphatic carbocycles. The first-order valence-corrected chi connectivity index (χ1v) is 9.82. The predicted molar refractivity (Wildman–Crippen MR) is 114 cm³/mol. The molecule has 3 aromatic carbocycles. The quantitative estimate of drug-likeness (QED) is 0.447. The van der Waals surface area contributed by atoms with Crippen LogP contribution in [0.4, 0.5) is 4.39 Å². The molecule has 152 valence electrons. The highest BCUT2D eigenvalue weighted by Gasteiger charge is 2.19. The average molecular weight is 424 g/mol. The molecule has 1 amide bonds. The highest BCUT2D eigenvalue weighted by Crippen LogP contribution is 2.25. The smallest absolute Gasteiger partial charge is 0.258 e.